The van der Waals surface area contributed by atoms with Crippen molar-refractivity contribution >= 4 is 11.7 Å². The highest BCUT2D eigenvalue weighted by Crippen LogP contribution is 2.24. The van der Waals surface area contributed by atoms with Crippen molar-refractivity contribution in [2.45, 2.75) is 33.1 Å². The lowest BCUT2D eigenvalue weighted by Crippen LogP contribution is -2.17. The molecule has 1 aromatic heterocycles. The number of halogens is 1. The molecule has 0 aliphatic heterocycles. The molecule has 0 aliphatic rings. The second-order valence-corrected chi connectivity index (χ2v) is 6.12. The zero-order valence-electron chi connectivity index (χ0n) is 12.7. The van der Waals surface area contributed by atoms with Gasteiger partial charge >= 0.3 is 0 Å². The first-order valence-corrected chi connectivity index (χ1v) is 6.81. The van der Waals surface area contributed by atoms with Crippen LogP contribution >= 0.6 is 0 Å². The third-order valence-corrected chi connectivity index (χ3v) is 3.24. The molecule has 21 heavy (non-hydrogen) atoms. The molecule has 110 valence electrons. The maximum Gasteiger partial charge on any atom is 0.259 e. The van der Waals surface area contributed by atoms with Gasteiger partial charge < -0.3 is 5.32 Å². The molecule has 0 fully saturated rings. The molecule has 0 aliphatic carbocycles. The lowest BCUT2D eigenvalue weighted by atomic mass is 9.86. The van der Waals surface area contributed by atoms with Gasteiger partial charge in [-0.25, -0.2) is 9.37 Å². The molecule has 0 saturated heterocycles. The predicted molar refractivity (Wildman–Crippen MR) is 82.0 cm³/mol. The Hall–Kier alpha value is -2.23. The second-order valence-electron chi connectivity index (χ2n) is 6.12. The molecular weight excluding hydrogens is 267 g/mol. The van der Waals surface area contributed by atoms with Gasteiger partial charge in [-0.2, -0.15) is 0 Å². The number of hydrogen-bond donors (Lipinski definition) is 1. The van der Waals surface area contributed by atoms with Crippen molar-refractivity contribution in [3.63, 3.8) is 0 Å². The molecule has 1 amide bonds. The van der Waals surface area contributed by atoms with Crippen molar-refractivity contribution < 1.29 is 9.18 Å². The Bertz CT molecular complexity index is 675. The summed E-state index contributed by atoms with van der Waals surface area (Å²) in [6.07, 6.45) is 1.60. The Balaban J connectivity index is 2.24. The predicted octanol–water partition coefficient (Wildman–Crippen LogP) is 4.08. The Kier molecular flexibility index (Phi) is 4.07. The van der Waals surface area contributed by atoms with Gasteiger partial charge in [0.1, 0.15) is 11.6 Å². The first-order chi connectivity index (χ1) is 9.77. The summed E-state index contributed by atoms with van der Waals surface area (Å²) in [6.45, 7) is 7.89. The number of aryl methyl sites for hydroxylation is 1. The second kappa shape index (κ2) is 5.64. The Morgan fingerprint density at radius 1 is 1.19 bits per heavy atom. The first kappa shape index (κ1) is 15.2. The minimum absolute atomic E-state index is 0.0197. The quantitative estimate of drug-likeness (QED) is 0.904. The monoisotopic (exact) mass is 286 g/mol. The minimum atomic E-state index is -0.521. The molecule has 3 nitrogen and oxygen atoms in total. The van der Waals surface area contributed by atoms with E-state index in [1.54, 1.807) is 18.3 Å². The molecule has 0 atom stereocenters. The van der Waals surface area contributed by atoms with E-state index in [4.69, 9.17) is 0 Å². The van der Waals surface area contributed by atoms with Crippen molar-refractivity contribution in [1.82, 2.24) is 4.98 Å². The summed E-state index contributed by atoms with van der Waals surface area (Å²) in [4.78, 5) is 16.2. The zero-order valence-corrected chi connectivity index (χ0v) is 12.7. The fraction of sp³-hybridized carbons (Fsp3) is 0.294. The summed E-state index contributed by atoms with van der Waals surface area (Å²) in [6, 6.07) is 8.27. The molecule has 1 heterocycles. The van der Waals surface area contributed by atoms with Gasteiger partial charge in [0.05, 0.1) is 5.56 Å². The Morgan fingerprint density at radius 2 is 1.90 bits per heavy atom. The number of carbonyl (C=O) groups is 1. The van der Waals surface area contributed by atoms with E-state index in [1.165, 1.54) is 12.1 Å². The van der Waals surface area contributed by atoms with Crippen LogP contribution < -0.4 is 5.32 Å². The number of anilines is 1. The van der Waals surface area contributed by atoms with Crippen LogP contribution in [0.25, 0.3) is 0 Å². The summed E-state index contributed by atoms with van der Waals surface area (Å²) in [5, 5.41) is 2.61. The molecule has 0 bridgehead atoms. The maximum atomic E-state index is 14.1. The number of rotatable bonds is 2. The van der Waals surface area contributed by atoms with E-state index in [2.05, 4.69) is 10.3 Å². The molecule has 4 heteroatoms. The van der Waals surface area contributed by atoms with Crippen LogP contribution in [0.4, 0.5) is 10.2 Å². The summed E-state index contributed by atoms with van der Waals surface area (Å²) >= 11 is 0. The summed E-state index contributed by atoms with van der Waals surface area (Å²) in [7, 11) is 0. The molecule has 2 rings (SSSR count). The molecule has 0 radical (unpaired) electrons. The average Bonchev–Trinajstić information content (AvgIpc) is 2.37. The van der Waals surface area contributed by atoms with Gasteiger partial charge in [-0.1, -0.05) is 26.8 Å². The molecule has 1 N–H and O–H groups in total. The number of nitrogens with zero attached hydrogens (tertiary/aromatic N) is 1. The van der Waals surface area contributed by atoms with E-state index >= 15 is 0 Å². The Labute approximate surface area is 124 Å². The van der Waals surface area contributed by atoms with Crippen molar-refractivity contribution in [2.24, 2.45) is 0 Å². The Morgan fingerprint density at radius 3 is 2.48 bits per heavy atom. The fourth-order valence-electron chi connectivity index (χ4n) is 1.95. The molecule has 0 unspecified atom stereocenters. The number of carbonyl (C=O) groups excluding carboxylic acids is 1. The van der Waals surface area contributed by atoms with Crippen molar-refractivity contribution in [2.75, 3.05) is 5.32 Å². The third-order valence-electron chi connectivity index (χ3n) is 3.24. The van der Waals surface area contributed by atoms with Crippen LogP contribution in [0.5, 0.6) is 0 Å². The highest BCUT2D eigenvalue weighted by molar-refractivity contribution is 6.04. The van der Waals surface area contributed by atoms with E-state index in [-0.39, 0.29) is 11.0 Å². The summed E-state index contributed by atoms with van der Waals surface area (Å²) in [5.74, 6) is -0.599. The van der Waals surface area contributed by atoms with E-state index in [9.17, 15) is 9.18 Å². The lowest BCUT2D eigenvalue weighted by molar-refractivity contribution is 0.102. The van der Waals surface area contributed by atoms with E-state index < -0.39 is 11.7 Å². The standard InChI is InChI=1S/C17H19FN2O/c1-11-7-8-19-15(9-11)20-16(21)13-6-5-12(10-14(13)18)17(2,3)4/h5-10H,1-4H3,(H,19,20,21). The minimum Gasteiger partial charge on any atom is -0.306 e. The van der Waals surface area contributed by atoms with Crippen molar-refractivity contribution in [3.05, 3.63) is 59.0 Å². The molecule has 0 saturated carbocycles. The van der Waals surface area contributed by atoms with Gasteiger partial charge in [0.2, 0.25) is 0 Å². The van der Waals surface area contributed by atoms with Crippen LogP contribution in [0, 0.1) is 12.7 Å². The largest absolute Gasteiger partial charge is 0.306 e. The molecule has 0 spiro atoms. The lowest BCUT2D eigenvalue weighted by Gasteiger charge is -2.19. The normalized spacial score (nSPS) is 11.3. The number of hydrogen-bond acceptors (Lipinski definition) is 2. The van der Waals surface area contributed by atoms with Gasteiger partial charge in [-0.05, 0) is 47.7 Å². The van der Waals surface area contributed by atoms with Crippen LogP contribution in [-0.2, 0) is 5.41 Å². The fourth-order valence-corrected chi connectivity index (χ4v) is 1.95. The van der Waals surface area contributed by atoms with Crippen LogP contribution in [0.15, 0.2) is 36.5 Å². The highest BCUT2D eigenvalue weighted by Gasteiger charge is 2.18. The van der Waals surface area contributed by atoms with Crippen molar-refractivity contribution in [1.29, 1.82) is 0 Å². The van der Waals surface area contributed by atoms with Crippen LogP contribution in [-0.4, -0.2) is 10.9 Å². The van der Waals surface area contributed by atoms with Gasteiger partial charge in [-0.15, -0.1) is 0 Å². The van der Waals surface area contributed by atoms with Gasteiger partial charge in [0.25, 0.3) is 5.91 Å². The number of benzene rings is 1. The molecular formula is C17H19FN2O. The number of nitrogens with one attached hydrogen (secondary N) is 1. The van der Waals surface area contributed by atoms with E-state index in [0.717, 1.165) is 11.1 Å². The molecule has 2 aromatic rings. The highest BCUT2D eigenvalue weighted by atomic mass is 19.1. The van der Waals surface area contributed by atoms with Crippen LogP contribution in [0.1, 0.15) is 42.3 Å². The van der Waals surface area contributed by atoms with Crippen LogP contribution in [0.3, 0.4) is 0 Å². The number of amides is 1. The average molecular weight is 286 g/mol. The van der Waals surface area contributed by atoms with Gasteiger partial charge in [-0.3, -0.25) is 4.79 Å². The molecule has 1 aromatic carbocycles. The number of pyridine rings is 1. The topological polar surface area (TPSA) is 42.0 Å². The van der Waals surface area contributed by atoms with Gasteiger partial charge in [0.15, 0.2) is 0 Å². The summed E-state index contributed by atoms with van der Waals surface area (Å²) in [5.41, 5.74) is 1.69. The maximum absolute atomic E-state index is 14.1. The van der Waals surface area contributed by atoms with Crippen LogP contribution in [0.2, 0.25) is 0 Å². The smallest absolute Gasteiger partial charge is 0.259 e. The van der Waals surface area contributed by atoms with Gasteiger partial charge in [0, 0.05) is 6.20 Å². The van der Waals surface area contributed by atoms with E-state index in [1.807, 2.05) is 33.8 Å². The zero-order chi connectivity index (χ0) is 15.6. The van der Waals surface area contributed by atoms with Crippen molar-refractivity contribution in [3.8, 4) is 0 Å². The third kappa shape index (κ3) is 3.66. The number of aromatic nitrogens is 1. The van der Waals surface area contributed by atoms with E-state index in [0.29, 0.717) is 5.82 Å². The summed E-state index contributed by atoms with van der Waals surface area (Å²) < 4.78 is 14.1. The SMILES string of the molecule is Cc1ccnc(NC(=O)c2ccc(C(C)(C)C)cc2F)c1. The first-order valence-electron chi connectivity index (χ1n) is 6.81.